The number of hydrogen-bond acceptors (Lipinski definition) is 4. The van der Waals surface area contributed by atoms with Crippen molar-refractivity contribution < 1.29 is 5.11 Å². The lowest BCUT2D eigenvalue weighted by Crippen LogP contribution is -2.31. The minimum atomic E-state index is -0.722. The van der Waals surface area contributed by atoms with Gasteiger partial charge in [-0.25, -0.2) is 9.36 Å². The number of H-pyrrole nitrogens is 1. The molecule has 0 aliphatic carbocycles. The first-order chi connectivity index (χ1) is 12.4. The summed E-state index contributed by atoms with van der Waals surface area (Å²) in [7, 11) is 0. The lowest BCUT2D eigenvalue weighted by Gasteiger charge is -2.12. The normalized spacial score (nSPS) is 11.2. The van der Waals surface area contributed by atoms with Crippen molar-refractivity contribution in [2.45, 2.75) is 13.8 Å². The second-order valence-electron chi connectivity index (χ2n) is 5.86. The molecule has 132 valence electrons. The molecule has 0 atom stereocenters. The first-order valence-corrected chi connectivity index (χ1v) is 8.20. The Hall–Kier alpha value is -3.12. The van der Waals surface area contributed by atoms with Crippen LogP contribution in [0.15, 0.2) is 57.0 Å². The molecule has 0 fully saturated rings. The summed E-state index contributed by atoms with van der Waals surface area (Å²) in [4.78, 5) is 30.8. The summed E-state index contributed by atoms with van der Waals surface area (Å²) in [5.74, 6) is -0.474. The van der Waals surface area contributed by atoms with E-state index in [0.29, 0.717) is 16.4 Å². The summed E-state index contributed by atoms with van der Waals surface area (Å²) in [5.41, 5.74) is 1.13. The third-order valence-corrected chi connectivity index (χ3v) is 4.11. The topological polar surface area (TPSA) is 87.4 Å². The number of nitrogens with zero attached hydrogens (tertiary/aromatic N) is 2. The Morgan fingerprint density at radius 2 is 1.92 bits per heavy atom. The minimum absolute atomic E-state index is 0.120. The Morgan fingerprint density at radius 3 is 2.65 bits per heavy atom. The molecule has 2 aromatic carbocycles. The van der Waals surface area contributed by atoms with E-state index in [2.05, 4.69) is 9.98 Å². The molecule has 0 saturated heterocycles. The predicted molar refractivity (Wildman–Crippen MR) is 103 cm³/mol. The fourth-order valence-corrected chi connectivity index (χ4v) is 2.72. The lowest BCUT2D eigenvalue weighted by atomic mass is 10.1. The van der Waals surface area contributed by atoms with Gasteiger partial charge in [0.25, 0.3) is 5.56 Å². The maximum atomic E-state index is 12.3. The average molecular weight is 370 g/mol. The van der Waals surface area contributed by atoms with Crippen molar-refractivity contribution in [3.05, 3.63) is 85.0 Å². The van der Waals surface area contributed by atoms with E-state index in [9.17, 15) is 14.7 Å². The summed E-state index contributed by atoms with van der Waals surface area (Å²) in [6.07, 6.45) is 1.21. The molecule has 0 saturated carbocycles. The Labute approximate surface area is 154 Å². The number of aromatic hydroxyl groups is 1. The van der Waals surface area contributed by atoms with Crippen LogP contribution in [0.2, 0.25) is 5.02 Å². The van der Waals surface area contributed by atoms with Crippen LogP contribution in [0.3, 0.4) is 0 Å². The second-order valence-corrected chi connectivity index (χ2v) is 6.30. The minimum Gasteiger partial charge on any atom is -0.493 e. The van der Waals surface area contributed by atoms with E-state index in [1.807, 2.05) is 26.0 Å². The smallest absolute Gasteiger partial charge is 0.335 e. The van der Waals surface area contributed by atoms with Crippen LogP contribution in [-0.4, -0.2) is 20.9 Å². The van der Waals surface area contributed by atoms with Crippen LogP contribution in [0.1, 0.15) is 16.7 Å². The predicted octanol–water partition coefficient (Wildman–Crippen LogP) is 3.25. The van der Waals surface area contributed by atoms with E-state index in [1.54, 1.807) is 30.3 Å². The van der Waals surface area contributed by atoms with Crippen molar-refractivity contribution >= 4 is 23.5 Å². The average Bonchev–Trinajstić information content (AvgIpc) is 2.57. The van der Waals surface area contributed by atoms with Crippen LogP contribution in [-0.2, 0) is 0 Å². The van der Waals surface area contributed by atoms with Gasteiger partial charge in [-0.3, -0.25) is 14.8 Å². The van der Waals surface area contributed by atoms with E-state index < -0.39 is 17.1 Å². The van der Waals surface area contributed by atoms with Crippen LogP contribution < -0.4 is 11.2 Å². The van der Waals surface area contributed by atoms with Gasteiger partial charge >= 0.3 is 5.69 Å². The number of aryl methyl sites for hydroxylation is 2. The first-order valence-electron chi connectivity index (χ1n) is 7.82. The number of nitrogens with one attached hydrogen (secondary N) is 1. The number of rotatable bonds is 3. The molecule has 0 unspecified atom stereocenters. The molecular weight excluding hydrogens is 354 g/mol. The Kier molecular flexibility index (Phi) is 4.77. The molecule has 3 rings (SSSR count). The number of aromatic amines is 1. The molecule has 0 aliphatic heterocycles. The lowest BCUT2D eigenvalue weighted by molar-refractivity contribution is 0.430. The van der Waals surface area contributed by atoms with Gasteiger partial charge in [-0.2, -0.15) is 0 Å². The zero-order chi connectivity index (χ0) is 18.8. The maximum absolute atomic E-state index is 12.3. The molecule has 0 bridgehead atoms. The van der Waals surface area contributed by atoms with Crippen LogP contribution in [0.4, 0.5) is 5.69 Å². The van der Waals surface area contributed by atoms with Crippen molar-refractivity contribution in [3.63, 3.8) is 0 Å². The number of aliphatic imine (C=N–C) groups is 1. The van der Waals surface area contributed by atoms with Gasteiger partial charge in [-0.15, -0.1) is 0 Å². The molecule has 0 radical (unpaired) electrons. The van der Waals surface area contributed by atoms with Gasteiger partial charge in [-0.1, -0.05) is 29.8 Å². The van der Waals surface area contributed by atoms with Crippen molar-refractivity contribution in [3.8, 4) is 11.6 Å². The number of hydrogen-bond donors (Lipinski definition) is 2. The Morgan fingerprint density at radius 1 is 1.15 bits per heavy atom. The van der Waals surface area contributed by atoms with Gasteiger partial charge in [-0.05, 0) is 49.2 Å². The van der Waals surface area contributed by atoms with Gasteiger partial charge < -0.3 is 5.11 Å². The SMILES string of the molecule is Cc1ccc(C)c(-n2c(O)c(C=Nc3cccc(Cl)c3)c(=O)[nH]c2=O)c1. The highest BCUT2D eigenvalue weighted by atomic mass is 35.5. The third-order valence-electron chi connectivity index (χ3n) is 3.88. The number of benzene rings is 2. The summed E-state index contributed by atoms with van der Waals surface area (Å²) >= 11 is 5.91. The van der Waals surface area contributed by atoms with E-state index in [4.69, 9.17) is 11.6 Å². The highest BCUT2D eigenvalue weighted by Gasteiger charge is 2.15. The van der Waals surface area contributed by atoms with E-state index >= 15 is 0 Å². The third kappa shape index (κ3) is 3.45. The van der Waals surface area contributed by atoms with Gasteiger partial charge in [0.15, 0.2) is 0 Å². The fourth-order valence-electron chi connectivity index (χ4n) is 2.53. The first kappa shape index (κ1) is 17.7. The van der Waals surface area contributed by atoms with Crippen LogP contribution in [0.25, 0.3) is 5.69 Å². The van der Waals surface area contributed by atoms with Crippen LogP contribution in [0, 0.1) is 13.8 Å². The largest absolute Gasteiger partial charge is 0.493 e. The zero-order valence-corrected chi connectivity index (χ0v) is 14.9. The molecule has 2 N–H and O–H groups in total. The zero-order valence-electron chi connectivity index (χ0n) is 14.2. The highest BCUT2D eigenvalue weighted by Crippen LogP contribution is 2.21. The van der Waals surface area contributed by atoms with E-state index in [1.165, 1.54) is 6.21 Å². The molecule has 0 spiro atoms. The van der Waals surface area contributed by atoms with Crippen molar-refractivity contribution in [1.29, 1.82) is 0 Å². The van der Waals surface area contributed by atoms with Crippen molar-refractivity contribution in [2.24, 2.45) is 4.99 Å². The fraction of sp³-hybridized carbons (Fsp3) is 0.105. The molecule has 1 aromatic heterocycles. The standard InChI is InChI=1S/C19H16ClN3O3/c1-11-6-7-12(2)16(8-11)23-18(25)15(17(24)22-19(23)26)10-21-14-5-3-4-13(20)9-14/h3-10,25H,1-2H3,(H,22,24,26). The monoisotopic (exact) mass is 369 g/mol. The summed E-state index contributed by atoms with van der Waals surface area (Å²) < 4.78 is 1.06. The quantitative estimate of drug-likeness (QED) is 0.694. The van der Waals surface area contributed by atoms with Gasteiger partial charge in [0.05, 0.1) is 11.4 Å². The van der Waals surface area contributed by atoms with Crippen LogP contribution >= 0.6 is 11.6 Å². The van der Waals surface area contributed by atoms with Crippen molar-refractivity contribution in [1.82, 2.24) is 9.55 Å². The molecule has 0 amide bonds. The summed E-state index contributed by atoms with van der Waals surface area (Å²) in [6, 6.07) is 12.2. The Balaban J connectivity index is 2.18. The molecule has 3 aromatic rings. The number of aromatic nitrogens is 2. The van der Waals surface area contributed by atoms with Gasteiger partial charge in [0.2, 0.25) is 5.88 Å². The molecule has 6 nitrogen and oxygen atoms in total. The van der Waals surface area contributed by atoms with Crippen molar-refractivity contribution in [2.75, 3.05) is 0 Å². The second kappa shape index (κ2) is 7.01. The summed E-state index contributed by atoms with van der Waals surface area (Å²) in [5, 5.41) is 11.1. The van der Waals surface area contributed by atoms with E-state index in [-0.39, 0.29) is 5.56 Å². The molecule has 7 heteroatoms. The summed E-state index contributed by atoms with van der Waals surface area (Å²) in [6.45, 7) is 3.68. The van der Waals surface area contributed by atoms with E-state index in [0.717, 1.165) is 15.7 Å². The molecule has 1 heterocycles. The number of halogens is 1. The van der Waals surface area contributed by atoms with Gasteiger partial charge in [0, 0.05) is 11.2 Å². The van der Waals surface area contributed by atoms with Crippen LogP contribution in [0.5, 0.6) is 5.88 Å². The molecular formula is C19H16ClN3O3. The molecule has 0 aliphatic rings. The Bertz CT molecular complexity index is 1130. The maximum Gasteiger partial charge on any atom is 0.335 e. The highest BCUT2D eigenvalue weighted by molar-refractivity contribution is 6.30. The molecule has 26 heavy (non-hydrogen) atoms. The van der Waals surface area contributed by atoms with Gasteiger partial charge in [0.1, 0.15) is 5.56 Å².